The van der Waals surface area contributed by atoms with Crippen molar-refractivity contribution in [3.05, 3.63) is 53.2 Å². The van der Waals surface area contributed by atoms with Gasteiger partial charge in [-0.3, -0.25) is 4.98 Å². The van der Waals surface area contributed by atoms with Gasteiger partial charge in [-0.05, 0) is 12.5 Å². The highest BCUT2D eigenvalue weighted by atomic mass is 16.5. The molecule has 0 fully saturated rings. The third kappa shape index (κ3) is 2.98. The van der Waals surface area contributed by atoms with Crippen molar-refractivity contribution < 1.29 is 19.1 Å². The molecule has 22 heavy (non-hydrogen) atoms. The van der Waals surface area contributed by atoms with Crippen molar-refractivity contribution in [3.63, 3.8) is 0 Å². The highest BCUT2D eigenvalue weighted by Gasteiger charge is 2.24. The Morgan fingerprint density at radius 3 is 2.23 bits per heavy atom. The van der Waals surface area contributed by atoms with Gasteiger partial charge in [-0.1, -0.05) is 37.3 Å². The maximum atomic E-state index is 12.0. The van der Waals surface area contributed by atoms with E-state index in [1.807, 2.05) is 37.3 Å². The summed E-state index contributed by atoms with van der Waals surface area (Å²) in [6.45, 7) is 1.87. The zero-order chi connectivity index (χ0) is 16.1. The Morgan fingerprint density at radius 2 is 1.68 bits per heavy atom. The molecule has 1 aromatic carbocycles. The van der Waals surface area contributed by atoms with Gasteiger partial charge in [0.15, 0.2) is 0 Å². The molecule has 2 rings (SSSR count). The van der Waals surface area contributed by atoms with Gasteiger partial charge in [0, 0.05) is 5.56 Å². The average Bonchev–Trinajstić information content (AvgIpc) is 2.59. The highest BCUT2D eigenvalue weighted by molar-refractivity contribution is 6.04. The van der Waals surface area contributed by atoms with Gasteiger partial charge in [-0.2, -0.15) is 0 Å². The van der Waals surface area contributed by atoms with Gasteiger partial charge in [0.05, 0.1) is 36.7 Å². The first-order chi connectivity index (χ1) is 10.6. The predicted octanol–water partition coefficient (Wildman–Crippen LogP) is 2.88. The molecule has 2 aromatic rings. The maximum absolute atomic E-state index is 12.0. The summed E-state index contributed by atoms with van der Waals surface area (Å²) in [5.74, 6) is -1.18. The van der Waals surface area contributed by atoms with Crippen LogP contribution in [-0.4, -0.2) is 31.1 Å². The molecule has 0 unspecified atom stereocenters. The SMILES string of the molecule is CCc1nc(-c2ccccc2)cc(C(=O)OC)c1C(=O)OC. The summed E-state index contributed by atoms with van der Waals surface area (Å²) in [6, 6.07) is 11.0. The molecule has 0 aliphatic rings. The van der Waals surface area contributed by atoms with Gasteiger partial charge in [-0.25, -0.2) is 9.59 Å². The van der Waals surface area contributed by atoms with Gasteiger partial charge in [0.2, 0.25) is 0 Å². The molecule has 0 aliphatic heterocycles. The van der Waals surface area contributed by atoms with E-state index in [1.165, 1.54) is 14.2 Å². The van der Waals surface area contributed by atoms with Gasteiger partial charge in [0.1, 0.15) is 0 Å². The van der Waals surface area contributed by atoms with Crippen LogP contribution in [0.15, 0.2) is 36.4 Å². The number of carbonyl (C=O) groups excluding carboxylic acids is 2. The van der Waals surface area contributed by atoms with E-state index >= 15 is 0 Å². The Labute approximate surface area is 128 Å². The molecule has 0 saturated heterocycles. The van der Waals surface area contributed by atoms with Crippen LogP contribution in [0.4, 0.5) is 0 Å². The van der Waals surface area contributed by atoms with Crippen molar-refractivity contribution in [3.8, 4) is 11.3 Å². The van der Waals surface area contributed by atoms with Crippen LogP contribution in [0, 0.1) is 0 Å². The maximum Gasteiger partial charge on any atom is 0.340 e. The molecular formula is C17H17NO4. The summed E-state index contributed by atoms with van der Waals surface area (Å²) in [5.41, 5.74) is 2.31. The van der Waals surface area contributed by atoms with Crippen LogP contribution >= 0.6 is 0 Å². The number of hydrogen-bond donors (Lipinski definition) is 0. The van der Waals surface area contributed by atoms with Crippen molar-refractivity contribution in [1.29, 1.82) is 0 Å². The zero-order valence-corrected chi connectivity index (χ0v) is 12.8. The van der Waals surface area contributed by atoms with E-state index in [0.29, 0.717) is 17.8 Å². The van der Waals surface area contributed by atoms with E-state index in [1.54, 1.807) is 6.07 Å². The minimum Gasteiger partial charge on any atom is -0.465 e. The van der Waals surface area contributed by atoms with E-state index in [2.05, 4.69) is 4.98 Å². The van der Waals surface area contributed by atoms with E-state index in [0.717, 1.165) is 5.56 Å². The van der Waals surface area contributed by atoms with Gasteiger partial charge in [0.25, 0.3) is 0 Å². The largest absolute Gasteiger partial charge is 0.465 e. The molecule has 5 heteroatoms. The lowest BCUT2D eigenvalue weighted by atomic mass is 10.0. The van der Waals surface area contributed by atoms with Crippen LogP contribution in [0.25, 0.3) is 11.3 Å². The number of rotatable bonds is 4. The number of hydrogen-bond acceptors (Lipinski definition) is 5. The fraction of sp³-hybridized carbons (Fsp3) is 0.235. The first kappa shape index (κ1) is 15.7. The Morgan fingerprint density at radius 1 is 1.05 bits per heavy atom. The normalized spacial score (nSPS) is 10.1. The van der Waals surface area contributed by atoms with Crippen molar-refractivity contribution >= 4 is 11.9 Å². The van der Waals surface area contributed by atoms with Gasteiger partial charge < -0.3 is 9.47 Å². The summed E-state index contributed by atoms with van der Waals surface area (Å²) in [4.78, 5) is 28.6. The van der Waals surface area contributed by atoms with Crippen molar-refractivity contribution in [2.75, 3.05) is 14.2 Å². The summed E-state index contributed by atoms with van der Waals surface area (Å²) in [7, 11) is 2.55. The fourth-order valence-electron chi connectivity index (χ4n) is 2.21. The van der Waals surface area contributed by atoms with Crippen molar-refractivity contribution in [2.24, 2.45) is 0 Å². The molecular weight excluding hydrogens is 282 g/mol. The smallest absolute Gasteiger partial charge is 0.340 e. The van der Waals surface area contributed by atoms with E-state index in [-0.39, 0.29) is 11.1 Å². The molecule has 0 aliphatic carbocycles. The van der Waals surface area contributed by atoms with Crippen molar-refractivity contribution in [1.82, 2.24) is 4.98 Å². The molecule has 0 spiro atoms. The third-order valence-electron chi connectivity index (χ3n) is 3.29. The van der Waals surface area contributed by atoms with Crippen LogP contribution < -0.4 is 0 Å². The minimum absolute atomic E-state index is 0.163. The summed E-state index contributed by atoms with van der Waals surface area (Å²) >= 11 is 0. The predicted molar refractivity (Wildman–Crippen MR) is 81.7 cm³/mol. The molecule has 1 aromatic heterocycles. The monoisotopic (exact) mass is 299 g/mol. The highest BCUT2D eigenvalue weighted by Crippen LogP contribution is 2.24. The van der Waals surface area contributed by atoms with Crippen LogP contribution in [0.3, 0.4) is 0 Å². The Bertz CT molecular complexity index is 695. The first-order valence-electron chi connectivity index (χ1n) is 6.88. The lowest BCUT2D eigenvalue weighted by Crippen LogP contribution is -2.16. The number of aryl methyl sites for hydroxylation is 1. The number of carbonyl (C=O) groups is 2. The molecule has 0 atom stereocenters. The molecule has 1 heterocycles. The second-order valence-corrected chi connectivity index (χ2v) is 4.58. The lowest BCUT2D eigenvalue weighted by molar-refractivity contribution is 0.0553. The number of nitrogens with zero attached hydrogens (tertiary/aromatic N) is 1. The molecule has 114 valence electrons. The molecule has 0 radical (unpaired) electrons. The Balaban J connectivity index is 2.71. The molecule has 0 amide bonds. The molecule has 0 bridgehead atoms. The topological polar surface area (TPSA) is 65.5 Å². The Hall–Kier alpha value is -2.69. The van der Waals surface area contributed by atoms with Crippen LogP contribution in [0.5, 0.6) is 0 Å². The first-order valence-corrected chi connectivity index (χ1v) is 6.88. The lowest BCUT2D eigenvalue weighted by Gasteiger charge is -2.13. The van der Waals surface area contributed by atoms with E-state index in [9.17, 15) is 9.59 Å². The van der Waals surface area contributed by atoms with Gasteiger partial charge >= 0.3 is 11.9 Å². The van der Waals surface area contributed by atoms with Gasteiger partial charge in [-0.15, -0.1) is 0 Å². The van der Waals surface area contributed by atoms with Crippen LogP contribution in [0.2, 0.25) is 0 Å². The third-order valence-corrected chi connectivity index (χ3v) is 3.29. The van der Waals surface area contributed by atoms with Crippen molar-refractivity contribution in [2.45, 2.75) is 13.3 Å². The average molecular weight is 299 g/mol. The van der Waals surface area contributed by atoms with E-state index < -0.39 is 11.9 Å². The number of ether oxygens (including phenoxy) is 2. The second kappa shape index (κ2) is 6.85. The number of aromatic nitrogens is 1. The molecule has 0 saturated carbocycles. The van der Waals surface area contributed by atoms with Crippen LogP contribution in [-0.2, 0) is 15.9 Å². The number of esters is 2. The second-order valence-electron chi connectivity index (χ2n) is 4.58. The summed E-state index contributed by atoms with van der Waals surface area (Å²) < 4.78 is 9.56. The number of methoxy groups -OCH3 is 2. The molecule has 0 N–H and O–H groups in total. The standard InChI is InChI=1S/C17H17NO4/c1-4-13-15(17(20)22-3)12(16(19)21-2)10-14(18-13)11-8-6-5-7-9-11/h5-10H,4H2,1-3H3. The summed E-state index contributed by atoms with van der Waals surface area (Å²) in [5, 5.41) is 0. The number of benzene rings is 1. The molecule has 5 nitrogen and oxygen atoms in total. The van der Waals surface area contributed by atoms with Crippen LogP contribution in [0.1, 0.15) is 33.3 Å². The Kier molecular flexibility index (Phi) is 4.88. The number of pyridine rings is 1. The quantitative estimate of drug-likeness (QED) is 0.812. The zero-order valence-electron chi connectivity index (χ0n) is 12.8. The summed E-state index contributed by atoms with van der Waals surface area (Å²) in [6.07, 6.45) is 0.495. The fourth-order valence-corrected chi connectivity index (χ4v) is 2.21. The minimum atomic E-state index is -0.593. The van der Waals surface area contributed by atoms with E-state index in [4.69, 9.17) is 9.47 Å².